The second-order valence-electron chi connectivity index (χ2n) is 5.23. The van der Waals surface area contributed by atoms with Gasteiger partial charge in [-0.3, -0.25) is 4.79 Å². The van der Waals surface area contributed by atoms with E-state index in [0.29, 0.717) is 22.1 Å². The number of amides is 1. The van der Waals surface area contributed by atoms with Gasteiger partial charge in [-0.15, -0.1) is 0 Å². The molecule has 2 aromatic carbocycles. The maximum Gasteiger partial charge on any atom is 0.271 e. The number of hydrogen-bond acceptors (Lipinski definition) is 4. The molecule has 0 saturated carbocycles. The molecular weight excluding hydrogens is 328 g/mol. The van der Waals surface area contributed by atoms with Gasteiger partial charge in [0, 0.05) is 16.1 Å². The van der Waals surface area contributed by atoms with Crippen LogP contribution in [0.1, 0.15) is 27.0 Å². The van der Waals surface area contributed by atoms with Crippen molar-refractivity contribution in [3.05, 3.63) is 57.6 Å². The molecule has 0 aromatic heterocycles. The van der Waals surface area contributed by atoms with Crippen LogP contribution in [0.4, 0.5) is 0 Å². The molecule has 2 rings (SSSR count). The summed E-state index contributed by atoms with van der Waals surface area (Å²) in [7, 11) is 3.15. The van der Waals surface area contributed by atoms with E-state index in [1.54, 1.807) is 44.7 Å². The summed E-state index contributed by atoms with van der Waals surface area (Å²) in [6.07, 6.45) is 1.56. The fourth-order valence-corrected chi connectivity index (χ4v) is 2.28. The van der Waals surface area contributed by atoms with Gasteiger partial charge < -0.3 is 9.47 Å². The summed E-state index contributed by atoms with van der Waals surface area (Å²) in [5, 5.41) is 4.54. The van der Waals surface area contributed by atoms with Crippen molar-refractivity contribution in [2.75, 3.05) is 14.2 Å². The fourth-order valence-electron chi connectivity index (χ4n) is 2.09. The molecule has 5 nitrogen and oxygen atoms in total. The van der Waals surface area contributed by atoms with Crippen molar-refractivity contribution in [2.45, 2.75) is 13.8 Å². The molecule has 1 amide bonds. The van der Waals surface area contributed by atoms with Crippen molar-refractivity contribution < 1.29 is 14.3 Å². The van der Waals surface area contributed by atoms with Crippen molar-refractivity contribution in [2.24, 2.45) is 5.10 Å². The van der Waals surface area contributed by atoms with Gasteiger partial charge >= 0.3 is 0 Å². The van der Waals surface area contributed by atoms with Crippen LogP contribution in [0.25, 0.3) is 0 Å². The highest BCUT2D eigenvalue weighted by Crippen LogP contribution is 2.29. The minimum absolute atomic E-state index is 0.328. The molecule has 0 aliphatic rings. The lowest BCUT2D eigenvalue weighted by molar-refractivity contribution is 0.0955. The van der Waals surface area contributed by atoms with E-state index >= 15 is 0 Å². The van der Waals surface area contributed by atoms with Crippen LogP contribution >= 0.6 is 11.6 Å². The van der Waals surface area contributed by atoms with Crippen LogP contribution in [0.2, 0.25) is 5.02 Å². The molecular formula is C18H19ClN2O3. The number of ether oxygens (including phenoxy) is 2. The summed E-state index contributed by atoms with van der Waals surface area (Å²) in [6, 6.07) is 8.75. The molecule has 126 valence electrons. The average Bonchev–Trinajstić information content (AvgIpc) is 2.58. The molecule has 0 spiro atoms. The van der Waals surface area contributed by atoms with Crippen LogP contribution in [0, 0.1) is 13.8 Å². The topological polar surface area (TPSA) is 59.9 Å². The molecule has 0 aliphatic heterocycles. The van der Waals surface area contributed by atoms with E-state index in [4.69, 9.17) is 21.1 Å². The van der Waals surface area contributed by atoms with Gasteiger partial charge in [-0.05, 0) is 49.2 Å². The number of halogens is 1. The van der Waals surface area contributed by atoms with E-state index in [1.165, 1.54) is 0 Å². The molecule has 6 heteroatoms. The molecule has 0 atom stereocenters. The van der Waals surface area contributed by atoms with Crippen molar-refractivity contribution in [3.8, 4) is 11.5 Å². The second kappa shape index (κ2) is 7.84. The van der Waals surface area contributed by atoms with Crippen LogP contribution in [-0.2, 0) is 0 Å². The molecule has 0 saturated heterocycles. The minimum Gasteiger partial charge on any atom is -0.493 e. The number of hydrazone groups is 1. The van der Waals surface area contributed by atoms with Gasteiger partial charge in [0.2, 0.25) is 0 Å². The predicted molar refractivity (Wildman–Crippen MR) is 95.5 cm³/mol. The number of aryl methyl sites for hydroxylation is 2. The van der Waals surface area contributed by atoms with Crippen LogP contribution in [0.15, 0.2) is 35.4 Å². The number of nitrogens with zero attached hydrogens (tertiary/aromatic N) is 1. The lowest BCUT2D eigenvalue weighted by Gasteiger charge is -2.10. The van der Waals surface area contributed by atoms with Crippen LogP contribution < -0.4 is 14.9 Å². The molecule has 1 N–H and O–H groups in total. The Balaban J connectivity index is 2.13. The Bertz CT molecular complexity index is 788. The smallest absolute Gasteiger partial charge is 0.271 e. The first-order chi connectivity index (χ1) is 11.5. The number of benzene rings is 2. The molecule has 2 aromatic rings. The Morgan fingerprint density at radius 2 is 1.75 bits per heavy atom. The van der Waals surface area contributed by atoms with Gasteiger partial charge in [0.1, 0.15) is 0 Å². The Hall–Kier alpha value is -2.53. The number of nitrogens with one attached hydrogen (secondary N) is 1. The van der Waals surface area contributed by atoms with Gasteiger partial charge in [-0.1, -0.05) is 17.7 Å². The van der Waals surface area contributed by atoms with Crippen LogP contribution in [0.3, 0.4) is 0 Å². The summed E-state index contributed by atoms with van der Waals surface area (Å²) in [5.74, 6) is 0.915. The first-order valence-electron chi connectivity index (χ1n) is 7.28. The Morgan fingerprint density at radius 1 is 1.08 bits per heavy atom. The largest absolute Gasteiger partial charge is 0.493 e. The molecule has 0 aliphatic carbocycles. The molecule has 0 fully saturated rings. The van der Waals surface area contributed by atoms with Crippen molar-refractivity contribution in [3.63, 3.8) is 0 Å². The third-order valence-corrected chi connectivity index (χ3v) is 3.98. The third-order valence-electron chi connectivity index (χ3n) is 3.58. The number of methoxy groups -OCH3 is 2. The second-order valence-corrected chi connectivity index (χ2v) is 5.63. The zero-order chi connectivity index (χ0) is 17.7. The monoisotopic (exact) mass is 346 g/mol. The van der Waals surface area contributed by atoms with Gasteiger partial charge in [0.05, 0.1) is 20.4 Å². The van der Waals surface area contributed by atoms with E-state index in [2.05, 4.69) is 10.5 Å². The quantitative estimate of drug-likeness (QED) is 0.662. The standard InChI is InChI=1S/C18H19ClN2O3/c1-11-5-6-13(8-15(11)19)18(22)21-20-10-14-9-17(24-4)16(23-3)7-12(14)2/h5-10H,1-4H3,(H,21,22)/b20-10-. The highest BCUT2D eigenvalue weighted by atomic mass is 35.5. The first kappa shape index (κ1) is 17.8. The predicted octanol–water partition coefficient (Wildman–Crippen LogP) is 3.74. The zero-order valence-corrected chi connectivity index (χ0v) is 14.8. The number of hydrogen-bond donors (Lipinski definition) is 1. The molecule has 0 bridgehead atoms. The first-order valence-corrected chi connectivity index (χ1v) is 7.66. The third kappa shape index (κ3) is 4.06. The van der Waals surface area contributed by atoms with E-state index < -0.39 is 0 Å². The highest BCUT2D eigenvalue weighted by molar-refractivity contribution is 6.31. The van der Waals surface area contributed by atoms with Crippen molar-refractivity contribution in [1.82, 2.24) is 5.43 Å². The van der Waals surface area contributed by atoms with E-state index in [9.17, 15) is 4.79 Å². The lowest BCUT2D eigenvalue weighted by Crippen LogP contribution is -2.17. The summed E-state index contributed by atoms with van der Waals surface area (Å²) in [6.45, 7) is 3.80. The van der Waals surface area contributed by atoms with E-state index in [0.717, 1.165) is 16.7 Å². The lowest BCUT2D eigenvalue weighted by atomic mass is 10.1. The summed E-state index contributed by atoms with van der Waals surface area (Å²) < 4.78 is 10.5. The number of rotatable bonds is 5. The minimum atomic E-state index is -0.328. The van der Waals surface area contributed by atoms with Crippen LogP contribution in [0.5, 0.6) is 11.5 Å². The maximum absolute atomic E-state index is 12.1. The van der Waals surface area contributed by atoms with Crippen molar-refractivity contribution >= 4 is 23.7 Å². The van der Waals surface area contributed by atoms with Gasteiger partial charge in [0.25, 0.3) is 5.91 Å². The SMILES string of the molecule is COc1cc(C)c(/C=N\NC(=O)c2ccc(C)c(Cl)c2)cc1OC. The Morgan fingerprint density at radius 3 is 2.38 bits per heavy atom. The van der Waals surface area contributed by atoms with Gasteiger partial charge in [0.15, 0.2) is 11.5 Å². The number of carbonyl (C=O) groups excluding carboxylic acids is 1. The summed E-state index contributed by atoms with van der Waals surface area (Å²) in [5.41, 5.74) is 5.62. The zero-order valence-electron chi connectivity index (χ0n) is 14.0. The molecule has 0 heterocycles. The highest BCUT2D eigenvalue weighted by Gasteiger charge is 2.08. The van der Waals surface area contributed by atoms with Gasteiger partial charge in [-0.2, -0.15) is 5.10 Å². The van der Waals surface area contributed by atoms with Gasteiger partial charge in [-0.25, -0.2) is 5.43 Å². The van der Waals surface area contributed by atoms with Crippen molar-refractivity contribution in [1.29, 1.82) is 0 Å². The normalized spacial score (nSPS) is 10.7. The summed E-state index contributed by atoms with van der Waals surface area (Å²) in [4.78, 5) is 12.1. The molecule has 0 unspecified atom stereocenters. The average molecular weight is 347 g/mol. The Kier molecular flexibility index (Phi) is 5.82. The number of carbonyl (C=O) groups is 1. The maximum atomic E-state index is 12.1. The Labute approximate surface area is 146 Å². The molecule has 0 radical (unpaired) electrons. The van der Waals surface area contributed by atoms with E-state index in [-0.39, 0.29) is 5.91 Å². The van der Waals surface area contributed by atoms with Crippen LogP contribution in [-0.4, -0.2) is 26.3 Å². The summed E-state index contributed by atoms with van der Waals surface area (Å²) >= 11 is 6.03. The fraction of sp³-hybridized carbons (Fsp3) is 0.222. The molecule has 24 heavy (non-hydrogen) atoms. The van der Waals surface area contributed by atoms with E-state index in [1.807, 2.05) is 19.9 Å².